The van der Waals surface area contributed by atoms with Crippen LogP contribution in [-0.4, -0.2) is 25.9 Å². The number of carbonyl (C=O) groups is 1. The number of rotatable bonds is 6. The van der Waals surface area contributed by atoms with Crippen molar-refractivity contribution < 1.29 is 13.2 Å². The number of pyridine rings is 1. The van der Waals surface area contributed by atoms with Crippen molar-refractivity contribution in [1.29, 1.82) is 0 Å². The fraction of sp³-hybridized carbons (Fsp3) is 0.154. The Kier molecular flexibility index (Phi) is 5.70. The summed E-state index contributed by atoms with van der Waals surface area (Å²) in [6.45, 7) is 1.89. The third-order valence-corrected chi connectivity index (χ3v) is 7.18. The van der Waals surface area contributed by atoms with Crippen LogP contribution in [0.3, 0.4) is 0 Å². The summed E-state index contributed by atoms with van der Waals surface area (Å²) in [5.41, 5.74) is 6.13. The van der Waals surface area contributed by atoms with E-state index in [9.17, 15) is 13.2 Å². The van der Waals surface area contributed by atoms with Gasteiger partial charge in [0.15, 0.2) is 9.84 Å². The van der Waals surface area contributed by atoms with Crippen molar-refractivity contribution in [2.45, 2.75) is 18.6 Å². The van der Waals surface area contributed by atoms with Crippen molar-refractivity contribution in [2.75, 3.05) is 6.26 Å². The number of nitrogens with zero attached hydrogens (tertiary/aromatic N) is 1. The van der Waals surface area contributed by atoms with Gasteiger partial charge in [0.05, 0.1) is 10.8 Å². The summed E-state index contributed by atoms with van der Waals surface area (Å²) in [5.74, 6) is 0. The lowest BCUT2D eigenvalue weighted by Gasteiger charge is -2.17. The van der Waals surface area contributed by atoms with Crippen LogP contribution >= 0.6 is 0 Å². The largest absolute Gasteiger partial charge is 0.298 e. The maximum atomic E-state index is 12.4. The molecule has 0 amide bonds. The maximum Gasteiger partial charge on any atom is 0.154 e. The lowest BCUT2D eigenvalue weighted by Crippen LogP contribution is -2.10. The molecule has 0 aliphatic rings. The van der Waals surface area contributed by atoms with Crippen LogP contribution in [0.25, 0.3) is 33.2 Å². The number of fused-ring (bicyclic) bond motifs is 1. The molecule has 5 heteroatoms. The van der Waals surface area contributed by atoms with Crippen LogP contribution in [-0.2, 0) is 9.84 Å². The standard InChI is InChI=1S/C26H23NO3S/c1-3-25(31(2,29)30)23-15-22-8-5-13-27-26(22)24(16-23)21-7-4-6-20(14-21)19-11-9-18(17-28)10-12-19/h4-17,25H,3H2,1-2H3. The van der Waals surface area contributed by atoms with E-state index in [0.29, 0.717) is 12.0 Å². The van der Waals surface area contributed by atoms with Crippen molar-refractivity contribution in [2.24, 2.45) is 0 Å². The van der Waals surface area contributed by atoms with Gasteiger partial charge in [0, 0.05) is 29.0 Å². The minimum absolute atomic E-state index is 0.507. The first kappa shape index (κ1) is 20.9. The molecule has 4 rings (SSSR count). The first-order valence-corrected chi connectivity index (χ1v) is 12.1. The average molecular weight is 430 g/mol. The van der Waals surface area contributed by atoms with Crippen LogP contribution in [0, 0.1) is 0 Å². The van der Waals surface area contributed by atoms with Gasteiger partial charge in [-0.05, 0) is 52.9 Å². The molecule has 0 saturated heterocycles. The highest BCUT2D eigenvalue weighted by atomic mass is 32.2. The third kappa shape index (κ3) is 4.28. The molecule has 0 aliphatic carbocycles. The molecule has 0 spiro atoms. The Hall–Kier alpha value is -3.31. The minimum atomic E-state index is -3.24. The Morgan fingerprint density at radius 2 is 1.65 bits per heavy atom. The Morgan fingerprint density at radius 1 is 0.903 bits per heavy atom. The van der Waals surface area contributed by atoms with E-state index in [1.165, 1.54) is 6.26 Å². The molecule has 4 nitrogen and oxygen atoms in total. The van der Waals surface area contributed by atoms with E-state index in [4.69, 9.17) is 0 Å². The molecule has 0 aliphatic heterocycles. The molecular formula is C26H23NO3S. The Labute approximate surface area is 182 Å². The number of aldehydes is 1. The normalized spacial score (nSPS) is 12.6. The minimum Gasteiger partial charge on any atom is -0.298 e. The molecular weight excluding hydrogens is 406 g/mol. The quantitative estimate of drug-likeness (QED) is 0.359. The summed E-state index contributed by atoms with van der Waals surface area (Å²) in [6, 6.07) is 23.2. The molecule has 3 aromatic carbocycles. The summed E-state index contributed by atoms with van der Waals surface area (Å²) in [6.07, 6.45) is 4.38. The number of hydrogen-bond donors (Lipinski definition) is 0. The predicted molar refractivity (Wildman–Crippen MR) is 126 cm³/mol. The molecule has 0 saturated carbocycles. The van der Waals surface area contributed by atoms with Gasteiger partial charge in [-0.1, -0.05) is 55.5 Å². The molecule has 0 radical (unpaired) electrons. The third-order valence-electron chi connectivity index (χ3n) is 5.54. The highest BCUT2D eigenvalue weighted by Crippen LogP contribution is 2.35. The smallest absolute Gasteiger partial charge is 0.154 e. The van der Waals surface area contributed by atoms with Gasteiger partial charge in [-0.2, -0.15) is 0 Å². The van der Waals surface area contributed by atoms with Gasteiger partial charge in [0.1, 0.15) is 6.29 Å². The second-order valence-corrected chi connectivity index (χ2v) is 9.92. The van der Waals surface area contributed by atoms with Crippen LogP contribution < -0.4 is 0 Å². The summed E-state index contributed by atoms with van der Waals surface area (Å²) in [5, 5.41) is 0.354. The van der Waals surface area contributed by atoms with E-state index in [1.807, 2.05) is 61.5 Å². The highest BCUT2D eigenvalue weighted by molar-refractivity contribution is 7.90. The number of carbonyl (C=O) groups excluding carboxylic acids is 1. The van der Waals surface area contributed by atoms with Gasteiger partial charge in [0.2, 0.25) is 0 Å². The molecule has 0 bridgehead atoms. The monoisotopic (exact) mass is 429 g/mol. The SMILES string of the molecule is CCC(c1cc(-c2cccc(-c3ccc(C=O)cc3)c2)c2ncccc2c1)S(C)(=O)=O. The Morgan fingerprint density at radius 3 is 2.32 bits per heavy atom. The van der Waals surface area contributed by atoms with E-state index in [-0.39, 0.29) is 0 Å². The molecule has 4 aromatic rings. The topological polar surface area (TPSA) is 64.1 Å². The Bertz CT molecular complexity index is 1360. The zero-order valence-corrected chi connectivity index (χ0v) is 18.3. The van der Waals surface area contributed by atoms with E-state index >= 15 is 0 Å². The molecule has 0 N–H and O–H groups in total. The number of hydrogen-bond acceptors (Lipinski definition) is 4. The summed E-state index contributed by atoms with van der Waals surface area (Å²) in [7, 11) is -3.24. The molecule has 31 heavy (non-hydrogen) atoms. The van der Waals surface area contributed by atoms with Crippen LogP contribution in [0.15, 0.2) is 79.0 Å². The van der Waals surface area contributed by atoms with Gasteiger partial charge in [-0.3, -0.25) is 9.78 Å². The van der Waals surface area contributed by atoms with Gasteiger partial charge in [0.25, 0.3) is 0 Å². The summed E-state index contributed by atoms with van der Waals surface area (Å²) >= 11 is 0. The highest BCUT2D eigenvalue weighted by Gasteiger charge is 2.22. The van der Waals surface area contributed by atoms with E-state index in [2.05, 4.69) is 11.1 Å². The average Bonchev–Trinajstić information content (AvgIpc) is 2.78. The van der Waals surface area contributed by atoms with E-state index in [0.717, 1.165) is 45.0 Å². The second kappa shape index (κ2) is 8.44. The fourth-order valence-corrected chi connectivity index (χ4v) is 5.26. The molecule has 156 valence electrons. The zero-order valence-electron chi connectivity index (χ0n) is 17.4. The fourth-order valence-electron chi connectivity index (χ4n) is 4.03. The lowest BCUT2D eigenvalue weighted by atomic mass is 9.94. The van der Waals surface area contributed by atoms with Crippen molar-refractivity contribution in [3.63, 3.8) is 0 Å². The Balaban J connectivity index is 1.90. The van der Waals surface area contributed by atoms with E-state index in [1.54, 1.807) is 18.3 Å². The van der Waals surface area contributed by atoms with Gasteiger partial charge >= 0.3 is 0 Å². The lowest BCUT2D eigenvalue weighted by molar-refractivity contribution is 0.112. The first-order chi connectivity index (χ1) is 14.9. The molecule has 0 fully saturated rings. The molecule has 1 aromatic heterocycles. The number of sulfone groups is 1. The van der Waals surface area contributed by atoms with Crippen molar-refractivity contribution in [3.8, 4) is 22.3 Å². The molecule has 1 atom stereocenters. The zero-order chi connectivity index (χ0) is 22.0. The van der Waals surface area contributed by atoms with Gasteiger partial charge in [-0.15, -0.1) is 0 Å². The first-order valence-electron chi connectivity index (χ1n) is 10.1. The van der Waals surface area contributed by atoms with Crippen LogP contribution in [0.1, 0.15) is 34.5 Å². The predicted octanol–water partition coefficient (Wildman–Crippen LogP) is 5.88. The van der Waals surface area contributed by atoms with Crippen LogP contribution in [0.2, 0.25) is 0 Å². The van der Waals surface area contributed by atoms with Gasteiger partial charge in [-0.25, -0.2) is 8.42 Å². The molecule has 1 heterocycles. The van der Waals surface area contributed by atoms with E-state index < -0.39 is 15.1 Å². The van der Waals surface area contributed by atoms with Crippen molar-refractivity contribution in [3.05, 3.63) is 90.1 Å². The second-order valence-electron chi connectivity index (χ2n) is 7.69. The van der Waals surface area contributed by atoms with Crippen molar-refractivity contribution >= 4 is 27.0 Å². The van der Waals surface area contributed by atoms with Gasteiger partial charge < -0.3 is 0 Å². The van der Waals surface area contributed by atoms with Crippen LogP contribution in [0.5, 0.6) is 0 Å². The molecule has 1 unspecified atom stereocenters. The summed E-state index contributed by atoms with van der Waals surface area (Å²) in [4.78, 5) is 15.5. The van der Waals surface area contributed by atoms with Crippen molar-refractivity contribution in [1.82, 2.24) is 4.98 Å². The number of aromatic nitrogens is 1. The van der Waals surface area contributed by atoms with Crippen LogP contribution in [0.4, 0.5) is 0 Å². The summed E-state index contributed by atoms with van der Waals surface area (Å²) < 4.78 is 24.8. The number of benzene rings is 3. The maximum absolute atomic E-state index is 12.4.